The number of hydrogen-bond acceptors (Lipinski definition) is 7. The summed E-state index contributed by atoms with van der Waals surface area (Å²) in [5.41, 5.74) is 8.60. The molecule has 3 unspecified atom stereocenters. The molecule has 5 rings (SSSR count). The first-order valence-electron chi connectivity index (χ1n) is 11.3. The molecular formula is C24H27ClFN5OS. The van der Waals surface area contributed by atoms with Gasteiger partial charge in [0.15, 0.2) is 5.17 Å². The van der Waals surface area contributed by atoms with Gasteiger partial charge in [-0.2, -0.15) is 5.10 Å². The van der Waals surface area contributed by atoms with Crippen LogP contribution in [-0.4, -0.2) is 33.9 Å². The van der Waals surface area contributed by atoms with Gasteiger partial charge in [-0.15, -0.1) is 0 Å². The quantitative estimate of drug-likeness (QED) is 0.524. The lowest BCUT2D eigenvalue weighted by Crippen LogP contribution is -2.54. The third kappa shape index (κ3) is 4.65. The van der Waals surface area contributed by atoms with Gasteiger partial charge in [0.25, 0.3) is 0 Å². The molecule has 174 valence electrons. The summed E-state index contributed by atoms with van der Waals surface area (Å²) in [6.45, 7) is 2.91. The van der Waals surface area contributed by atoms with E-state index in [9.17, 15) is 4.39 Å². The lowest BCUT2D eigenvalue weighted by Gasteiger charge is -2.36. The summed E-state index contributed by atoms with van der Waals surface area (Å²) in [5, 5.41) is 7.93. The van der Waals surface area contributed by atoms with Crippen LogP contribution in [0, 0.1) is 5.82 Å². The van der Waals surface area contributed by atoms with Gasteiger partial charge in [-0.05, 0) is 42.7 Å². The van der Waals surface area contributed by atoms with Crippen molar-refractivity contribution in [3.63, 3.8) is 0 Å². The number of nitrogens with one attached hydrogen (secondary N) is 2. The normalized spacial score (nSPS) is 23.2. The van der Waals surface area contributed by atoms with Crippen LogP contribution in [0.15, 0.2) is 60.0 Å². The Kier molecular flexibility index (Phi) is 6.66. The van der Waals surface area contributed by atoms with Crippen molar-refractivity contribution in [2.45, 2.75) is 50.2 Å². The number of fused-ring (bicyclic) bond motifs is 3. The molecule has 2 aromatic carbocycles. The van der Waals surface area contributed by atoms with Gasteiger partial charge >= 0.3 is 0 Å². The molecule has 3 atom stereocenters. The van der Waals surface area contributed by atoms with Crippen molar-refractivity contribution in [2.75, 3.05) is 6.61 Å². The number of ether oxygens (including phenoxy) is 1. The molecule has 1 fully saturated rings. The maximum Gasteiger partial charge on any atom is 0.189 e. The van der Waals surface area contributed by atoms with E-state index in [1.807, 2.05) is 24.5 Å². The minimum absolute atomic E-state index is 0.0164. The van der Waals surface area contributed by atoms with Crippen LogP contribution in [0.2, 0.25) is 5.02 Å². The maximum absolute atomic E-state index is 14.1. The summed E-state index contributed by atoms with van der Waals surface area (Å²) in [4.78, 5) is 2.12. The van der Waals surface area contributed by atoms with Gasteiger partial charge in [-0.25, -0.2) is 9.82 Å². The third-order valence-electron chi connectivity index (χ3n) is 6.16. The Hall–Kier alpha value is -2.42. The fourth-order valence-electron chi connectivity index (χ4n) is 4.30. The van der Waals surface area contributed by atoms with E-state index in [0.29, 0.717) is 16.3 Å². The summed E-state index contributed by atoms with van der Waals surface area (Å²) in [7, 11) is 0. The molecule has 33 heavy (non-hydrogen) atoms. The zero-order valence-corrected chi connectivity index (χ0v) is 20.0. The summed E-state index contributed by atoms with van der Waals surface area (Å²) >= 11 is 7.66. The fraction of sp³-hybridized carbons (Fsp3) is 0.375. The van der Waals surface area contributed by atoms with Crippen molar-refractivity contribution in [3.8, 4) is 5.75 Å². The van der Waals surface area contributed by atoms with Gasteiger partial charge in [-0.3, -0.25) is 5.43 Å². The van der Waals surface area contributed by atoms with Crippen LogP contribution in [0.3, 0.4) is 0 Å². The van der Waals surface area contributed by atoms with Gasteiger partial charge in [-0.1, -0.05) is 54.9 Å². The molecule has 2 N–H and O–H groups in total. The van der Waals surface area contributed by atoms with Crippen molar-refractivity contribution < 1.29 is 9.13 Å². The standard InChI is InChI=1S/C24H27ClFN5OS/c1-2-3-13-32-17-9-7-16(8-10-17)21-14-22-23-27-28-24(30(23)11-12-31(22)29-21)33-15-18-19(25)5-4-6-20(18)26/h4-12,21-23,27,29H,2-3,13-15H2,1H3. The number of nitrogens with zero attached hydrogens (tertiary/aromatic N) is 3. The number of halogens is 2. The number of thioether (sulfide) groups is 1. The highest BCUT2D eigenvalue weighted by Crippen LogP contribution is 2.36. The molecule has 0 radical (unpaired) electrons. The van der Waals surface area contributed by atoms with Crippen LogP contribution >= 0.6 is 23.4 Å². The molecule has 0 spiro atoms. The van der Waals surface area contributed by atoms with Crippen molar-refractivity contribution in [1.82, 2.24) is 20.8 Å². The molecule has 3 heterocycles. The SMILES string of the molecule is CCCCOc1ccc(C2CC3C4NN=C(SCc5c(F)cccc5Cl)N4C=CN3N2)cc1. The lowest BCUT2D eigenvalue weighted by atomic mass is 10.00. The van der Waals surface area contributed by atoms with E-state index < -0.39 is 0 Å². The van der Waals surface area contributed by atoms with Crippen LogP contribution in [0.1, 0.15) is 43.4 Å². The Morgan fingerprint density at radius 3 is 2.85 bits per heavy atom. The second-order valence-corrected chi connectivity index (χ2v) is 9.68. The largest absolute Gasteiger partial charge is 0.494 e. The Bertz CT molecular complexity index is 1030. The number of hydrazine groups is 1. The van der Waals surface area contributed by atoms with E-state index in [1.54, 1.807) is 12.1 Å². The van der Waals surface area contributed by atoms with Crippen LogP contribution < -0.4 is 15.6 Å². The zero-order valence-electron chi connectivity index (χ0n) is 18.4. The van der Waals surface area contributed by atoms with Gasteiger partial charge in [0, 0.05) is 28.7 Å². The van der Waals surface area contributed by atoms with Gasteiger partial charge in [0.1, 0.15) is 17.7 Å². The molecule has 0 bridgehead atoms. The molecule has 0 saturated carbocycles. The molecule has 9 heteroatoms. The summed E-state index contributed by atoms with van der Waals surface area (Å²) in [6.07, 6.45) is 7.19. The van der Waals surface area contributed by atoms with Gasteiger partial charge < -0.3 is 14.6 Å². The molecule has 1 saturated heterocycles. The average Bonchev–Trinajstić information content (AvgIpc) is 3.43. The van der Waals surface area contributed by atoms with E-state index in [0.717, 1.165) is 36.8 Å². The summed E-state index contributed by atoms with van der Waals surface area (Å²) in [6, 6.07) is 13.6. The summed E-state index contributed by atoms with van der Waals surface area (Å²) < 4.78 is 19.9. The molecule has 3 aliphatic rings. The van der Waals surface area contributed by atoms with Crippen molar-refractivity contribution in [1.29, 1.82) is 0 Å². The van der Waals surface area contributed by atoms with Crippen molar-refractivity contribution >= 4 is 28.5 Å². The molecule has 6 nitrogen and oxygen atoms in total. The van der Waals surface area contributed by atoms with E-state index in [1.165, 1.54) is 23.4 Å². The Morgan fingerprint density at radius 1 is 1.21 bits per heavy atom. The van der Waals surface area contributed by atoms with Crippen molar-refractivity contribution in [2.24, 2.45) is 5.10 Å². The Morgan fingerprint density at radius 2 is 2.06 bits per heavy atom. The van der Waals surface area contributed by atoms with Crippen LogP contribution in [-0.2, 0) is 5.75 Å². The Labute approximate surface area is 202 Å². The molecule has 2 aromatic rings. The average molecular weight is 488 g/mol. The lowest BCUT2D eigenvalue weighted by molar-refractivity contribution is 0.152. The Balaban J connectivity index is 1.20. The van der Waals surface area contributed by atoms with E-state index in [4.69, 9.17) is 16.3 Å². The second kappa shape index (κ2) is 9.83. The monoisotopic (exact) mass is 487 g/mol. The zero-order chi connectivity index (χ0) is 22.8. The third-order valence-corrected chi connectivity index (χ3v) is 7.51. The van der Waals surface area contributed by atoms with E-state index in [-0.39, 0.29) is 24.1 Å². The molecule has 0 aliphatic carbocycles. The highest BCUT2D eigenvalue weighted by Gasteiger charge is 2.44. The predicted octanol–water partition coefficient (Wildman–Crippen LogP) is 5.20. The smallest absolute Gasteiger partial charge is 0.189 e. The minimum Gasteiger partial charge on any atom is -0.494 e. The van der Waals surface area contributed by atoms with Crippen molar-refractivity contribution in [3.05, 3.63) is 76.8 Å². The van der Waals surface area contributed by atoms with Crippen LogP contribution in [0.25, 0.3) is 0 Å². The van der Waals surface area contributed by atoms with Crippen LogP contribution in [0.4, 0.5) is 4.39 Å². The topological polar surface area (TPSA) is 52.1 Å². The molecule has 3 aliphatic heterocycles. The first kappa shape index (κ1) is 22.4. The van der Waals surface area contributed by atoms with E-state index in [2.05, 4.69) is 44.9 Å². The fourth-order valence-corrected chi connectivity index (χ4v) is 5.62. The van der Waals surface area contributed by atoms with E-state index >= 15 is 0 Å². The number of benzene rings is 2. The first-order valence-corrected chi connectivity index (χ1v) is 12.6. The highest BCUT2D eigenvalue weighted by molar-refractivity contribution is 8.13. The number of hydrogen-bond donors (Lipinski definition) is 2. The van der Waals surface area contributed by atoms with Gasteiger partial charge in [0.2, 0.25) is 0 Å². The number of unbranched alkanes of at least 4 members (excludes halogenated alkanes) is 1. The highest BCUT2D eigenvalue weighted by atomic mass is 35.5. The molecule has 0 aromatic heterocycles. The number of rotatable bonds is 7. The maximum atomic E-state index is 14.1. The first-order chi connectivity index (χ1) is 16.1. The van der Waals surface area contributed by atoms with Crippen LogP contribution in [0.5, 0.6) is 5.75 Å². The second-order valence-electron chi connectivity index (χ2n) is 8.33. The predicted molar refractivity (Wildman–Crippen MR) is 131 cm³/mol. The van der Waals surface area contributed by atoms with Gasteiger partial charge in [0.05, 0.1) is 18.7 Å². The number of amidine groups is 1. The number of hydrazone groups is 1. The molecule has 0 amide bonds. The summed E-state index contributed by atoms with van der Waals surface area (Å²) in [5.74, 6) is 1.05. The molecular weight excluding hydrogens is 461 g/mol. The minimum atomic E-state index is -0.289.